The highest BCUT2D eigenvalue weighted by molar-refractivity contribution is 6.15. The van der Waals surface area contributed by atoms with E-state index in [1.165, 1.54) is 0 Å². The second-order valence-corrected chi connectivity index (χ2v) is 2.75. The fraction of sp³-hybridized carbons (Fsp3) is 0.571. The normalized spacial score (nSPS) is 28.1. The maximum atomic E-state index is 11.1. The minimum Gasteiger partial charge on any atom is -0.317 e. The van der Waals surface area contributed by atoms with Crippen LogP contribution in [0.4, 0.5) is 4.79 Å². The molecule has 1 atom stereocenters. The Morgan fingerprint density at radius 3 is 2.50 bits per heavy atom. The van der Waals surface area contributed by atoms with Gasteiger partial charge in [0.25, 0.3) is 5.91 Å². The SMILES string of the molecule is CCC[C@]1(C=O)NC(=O)NC1=O. The molecule has 5 heteroatoms. The first-order chi connectivity index (χ1) is 5.64. The van der Waals surface area contributed by atoms with Gasteiger partial charge in [-0.2, -0.15) is 0 Å². The maximum Gasteiger partial charge on any atom is 0.322 e. The molecule has 0 radical (unpaired) electrons. The smallest absolute Gasteiger partial charge is 0.317 e. The average molecular weight is 170 g/mol. The number of amides is 3. The summed E-state index contributed by atoms with van der Waals surface area (Å²) in [6.45, 7) is 1.84. The van der Waals surface area contributed by atoms with Gasteiger partial charge in [0.1, 0.15) is 0 Å². The molecular weight excluding hydrogens is 160 g/mol. The molecule has 1 heterocycles. The van der Waals surface area contributed by atoms with E-state index >= 15 is 0 Å². The Bertz CT molecular complexity index is 239. The molecule has 0 aromatic heterocycles. The number of hydrogen-bond donors (Lipinski definition) is 2. The van der Waals surface area contributed by atoms with Crippen molar-refractivity contribution in [2.75, 3.05) is 0 Å². The molecule has 1 saturated heterocycles. The molecule has 1 fully saturated rings. The van der Waals surface area contributed by atoms with Crippen molar-refractivity contribution in [2.45, 2.75) is 25.3 Å². The van der Waals surface area contributed by atoms with Crippen LogP contribution >= 0.6 is 0 Å². The summed E-state index contributed by atoms with van der Waals surface area (Å²) in [5, 5.41) is 4.32. The minimum absolute atomic E-state index is 0.341. The monoisotopic (exact) mass is 170 g/mol. The van der Waals surface area contributed by atoms with Gasteiger partial charge in [0, 0.05) is 0 Å². The zero-order valence-corrected chi connectivity index (χ0v) is 6.72. The molecule has 12 heavy (non-hydrogen) atoms. The fourth-order valence-corrected chi connectivity index (χ4v) is 1.22. The second-order valence-electron chi connectivity index (χ2n) is 2.75. The Balaban J connectivity index is 2.85. The highest BCUT2D eigenvalue weighted by atomic mass is 16.2. The molecule has 1 rings (SSSR count). The van der Waals surface area contributed by atoms with Crippen molar-refractivity contribution < 1.29 is 14.4 Å². The van der Waals surface area contributed by atoms with Crippen LogP contribution in [-0.4, -0.2) is 23.8 Å². The summed E-state index contributed by atoms with van der Waals surface area (Å²) in [4.78, 5) is 32.4. The molecule has 3 amide bonds. The maximum absolute atomic E-state index is 11.1. The Kier molecular flexibility index (Phi) is 2.12. The molecule has 0 saturated carbocycles. The van der Waals surface area contributed by atoms with Crippen LogP contribution < -0.4 is 10.6 Å². The molecule has 0 unspecified atom stereocenters. The first-order valence-electron chi connectivity index (χ1n) is 3.74. The van der Waals surface area contributed by atoms with Crippen LogP contribution in [0.3, 0.4) is 0 Å². The molecule has 2 N–H and O–H groups in total. The molecule has 0 aromatic carbocycles. The van der Waals surface area contributed by atoms with E-state index in [0.717, 1.165) is 0 Å². The van der Waals surface area contributed by atoms with Crippen molar-refractivity contribution in [1.82, 2.24) is 10.6 Å². The third-order valence-corrected chi connectivity index (χ3v) is 1.81. The Hall–Kier alpha value is -1.39. The molecule has 5 nitrogen and oxygen atoms in total. The van der Waals surface area contributed by atoms with Gasteiger partial charge in [0.05, 0.1) is 0 Å². The number of hydrogen-bond acceptors (Lipinski definition) is 3. The molecular formula is C7H10N2O3. The molecule has 0 aromatic rings. The predicted octanol–water partition coefficient (Wildman–Crippen LogP) is -0.436. The highest BCUT2D eigenvalue weighted by Crippen LogP contribution is 2.14. The summed E-state index contributed by atoms with van der Waals surface area (Å²) in [6.07, 6.45) is 1.48. The lowest BCUT2D eigenvalue weighted by molar-refractivity contribution is -0.129. The van der Waals surface area contributed by atoms with Crippen molar-refractivity contribution in [2.24, 2.45) is 0 Å². The van der Waals surface area contributed by atoms with Gasteiger partial charge in [-0.15, -0.1) is 0 Å². The van der Waals surface area contributed by atoms with E-state index < -0.39 is 17.5 Å². The van der Waals surface area contributed by atoms with Gasteiger partial charge < -0.3 is 10.1 Å². The first-order valence-corrected chi connectivity index (χ1v) is 3.74. The van der Waals surface area contributed by atoms with Crippen molar-refractivity contribution in [3.05, 3.63) is 0 Å². The number of imide groups is 1. The van der Waals surface area contributed by atoms with Crippen molar-refractivity contribution in [3.63, 3.8) is 0 Å². The van der Waals surface area contributed by atoms with E-state index in [4.69, 9.17) is 0 Å². The van der Waals surface area contributed by atoms with Gasteiger partial charge in [-0.3, -0.25) is 10.1 Å². The molecule has 66 valence electrons. The molecule has 0 spiro atoms. The molecule has 1 aliphatic rings. The van der Waals surface area contributed by atoms with Crippen LogP contribution in [0.5, 0.6) is 0 Å². The number of rotatable bonds is 3. The lowest BCUT2D eigenvalue weighted by Gasteiger charge is -2.16. The summed E-state index contributed by atoms with van der Waals surface area (Å²) in [5.41, 5.74) is -1.31. The Morgan fingerprint density at radius 1 is 1.50 bits per heavy atom. The van der Waals surface area contributed by atoms with E-state index in [-0.39, 0.29) is 0 Å². The number of carbonyl (C=O) groups excluding carboxylic acids is 3. The third-order valence-electron chi connectivity index (χ3n) is 1.81. The van der Waals surface area contributed by atoms with Crippen molar-refractivity contribution in [3.8, 4) is 0 Å². The topological polar surface area (TPSA) is 75.3 Å². The van der Waals surface area contributed by atoms with Crippen LogP contribution in [0.2, 0.25) is 0 Å². The lowest BCUT2D eigenvalue weighted by atomic mass is 9.96. The summed E-state index contributed by atoms with van der Waals surface area (Å²) in [5.74, 6) is -0.552. The zero-order chi connectivity index (χ0) is 9.19. The van der Waals surface area contributed by atoms with E-state index in [2.05, 4.69) is 5.32 Å². The largest absolute Gasteiger partial charge is 0.322 e. The highest BCUT2D eigenvalue weighted by Gasteiger charge is 2.45. The minimum atomic E-state index is -1.31. The fourth-order valence-electron chi connectivity index (χ4n) is 1.22. The Morgan fingerprint density at radius 2 is 2.17 bits per heavy atom. The van der Waals surface area contributed by atoms with Gasteiger partial charge in [-0.05, 0) is 6.42 Å². The Labute approximate surface area is 69.5 Å². The van der Waals surface area contributed by atoms with Crippen molar-refractivity contribution >= 4 is 18.2 Å². The van der Waals surface area contributed by atoms with Gasteiger partial charge in [-0.25, -0.2) is 4.79 Å². The van der Waals surface area contributed by atoms with Crippen LogP contribution in [0.25, 0.3) is 0 Å². The van der Waals surface area contributed by atoms with E-state index in [1.54, 1.807) is 0 Å². The van der Waals surface area contributed by atoms with Gasteiger partial charge >= 0.3 is 6.03 Å². The number of aldehydes is 1. The summed E-state index contributed by atoms with van der Waals surface area (Å²) in [6, 6.07) is -0.597. The number of carbonyl (C=O) groups is 3. The van der Waals surface area contributed by atoms with Crippen LogP contribution in [0.15, 0.2) is 0 Å². The molecule has 0 bridgehead atoms. The molecule has 0 aliphatic carbocycles. The quantitative estimate of drug-likeness (QED) is 0.342. The standard InChI is InChI=1S/C7H10N2O3/c1-2-3-7(4-10)5(11)8-6(12)9-7/h4H,2-3H2,1H3,(H2,8,9,11,12)/t7-/m1/s1. The molecule has 1 aliphatic heterocycles. The first kappa shape index (κ1) is 8.70. The van der Waals surface area contributed by atoms with Gasteiger partial charge in [0.15, 0.2) is 11.8 Å². The summed E-state index contributed by atoms with van der Waals surface area (Å²) in [7, 11) is 0. The zero-order valence-electron chi connectivity index (χ0n) is 6.72. The van der Waals surface area contributed by atoms with Gasteiger partial charge in [-0.1, -0.05) is 13.3 Å². The average Bonchev–Trinajstić information content (AvgIpc) is 2.28. The summed E-state index contributed by atoms with van der Waals surface area (Å²) >= 11 is 0. The van der Waals surface area contributed by atoms with Crippen LogP contribution in [-0.2, 0) is 9.59 Å². The summed E-state index contributed by atoms with van der Waals surface area (Å²) < 4.78 is 0. The van der Waals surface area contributed by atoms with E-state index in [1.807, 2.05) is 12.2 Å². The predicted molar refractivity (Wildman–Crippen MR) is 40.4 cm³/mol. The number of urea groups is 1. The lowest BCUT2D eigenvalue weighted by Crippen LogP contribution is -2.48. The van der Waals surface area contributed by atoms with Crippen LogP contribution in [0, 0.1) is 0 Å². The van der Waals surface area contributed by atoms with Gasteiger partial charge in [0.2, 0.25) is 0 Å². The second kappa shape index (κ2) is 2.92. The number of nitrogens with one attached hydrogen (secondary N) is 2. The van der Waals surface area contributed by atoms with Crippen molar-refractivity contribution in [1.29, 1.82) is 0 Å². The van der Waals surface area contributed by atoms with Crippen LogP contribution in [0.1, 0.15) is 19.8 Å². The van der Waals surface area contributed by atoms with E-state index in [0.29, 0.717) is 19.1 Å². The third kappa shape index (κ3) is 1.17. The van der Waals surface area contributed by atoms with E-state index in [9.17, 15) is 14.4 Å².